The van der Waals surface area contributed by atoms with Crippen LogP contribution < -0.4 is 5.73 Å². The first-order valence-electron chi connectivity index (χ1n) is 4.23. The van der Waals surface area contributed by atoms with Crippen LogP contribution in [0.4, 0.5) is 0 Å². The molecule has 0 fully saturated rings. The second-order valence-electron chi connectivity index (χ2n) is 3.47. The van der Waals surface area contributed by atoms with Gasteiger partial charge in [-0.3, -0.25) is 0 Å². The van der Waals surface area contributed by atoms with Gasteiger partial charge in [0.1, 0.15) is 5.75 Å². The van der Waals surface area contributed by atoms with E-state index in [-0.39, 0.29) is 12.4 Å². The number of benzene rings is 1. The fourth-order valence-corrected chi connectivity index (χ4v) is 1.16. The zero-order valence-corrected chi connectivity index (χ0v) is 7.70. The van der Waals surface area contributed by atoms with E-state index in [1.54, 1.807) is 18.2 Å². The van der Waals surface area contributed by atoms with E-state index in [4.69, 9.17) is 10.8 Å². The van der Waals surface area contributed by atoms with Crippen molar-refractivity contribution in [3.05, 3.63) is 29.8 Å². The molecule has 1 unspecified atom stereocenters. The normalized spacial score (nSPS) is 15.3. The molecule has 3 nitrogen and oxygen atoms in total. The van der Waals surface area contributed by atoms with Crippen molar-refractivity contribution >= 4 is 0 Å². The molecule has 72 valence electrons. The molecule has 0 bridgehead atoms. The van der Waals surface area contributed by atoms with E-state index >= 15 is 0 Å². The maximum atomic E-state index is 9.24. The van der Waals surface area contributed by atoms with Crippen molar-refractivity contribution in [1.29, 1.82) is 0 Å². The van der Waals surface area contributed by atoms with Crippen LogP contribution in [0.15, 0.2) is 24.3 Å². The fourth-order valence-electron chi connectivity index (χ4n) is 1.16. The summed E-state index contributed by atoms with van der Waals surface area (Å²) in [5.74, 6) is 0.200. The van der Waals surface area contributed by atoms with Gasteiger partial charge in [-0.15, -0.1) is 0 Å². The molecule has 1 atom stereocenters. The third-order valence-corrected chi connectivity index (χ3v) is 2.34. The Morgan fingerprint density at radius 3 is 2.62 bits per heavy atom. The monoisotopic (exact) mass is 181 g/mol. The summed E-state index contributed by atoms with van der Waals surface area (Å²) in [7, 11) is 0. The van der Waals surface area contributed by atoms with Gasteiger partial charge in [-0.05, 0) is 17.7 Å². The Morgan fingerprint density at radius 2 is 2.15 bits per heavy atom. The van der Waals surface area contributed by atoms with E-state index in [1.165, 1.54) is 0 Å². The summed E-state index contributed by atoms with van der Waals surface area (Å²) in [5, 5.41) is 18.4. The Labute approximate surface area is 77.8 Å². The van der Waals surface area contributed by atoms with Gasteiger partial charge in [0.05, 0.1) is 6.61 Å². The minimum absolute atomic E-state index is 0.0209. The standard InChI is InChI=1S/C10H15NO2/c1-10(6-11,7-12)8-3-2-4-9(13)5-8/h2-5,12-13H,6-7,11H2,1H3. The number of rotatable bonds is 3. The molecule has 0 heterocycles. The van der Waals surface area contributed by atoms with Crippen LogP contribution in [0, 0.1) is 0 Å². The van der Waals surface area contributed by atoms with Crippen LogP contribution in [0.3, 0.4) is 0 Å². The van der Waals surface area contributed by atoms with E-state index in [2.05, 4.69) is 0 Å². The molecule has 0 spiro atoms. The lowest BCUT2D eigenvalue weighted by Gasteiger charge is -2.25. The van der Waals surface area contributed by atoms with Gasteiger partial charge in [-0.1, -0.05) is 19.1 Å². The molecule has 0 saturated carbocycles. The summed E-state index contributed by atoms with van der Waals surface area (Å²) >= 11 is 0. The summed E-state index contributed by atoms with van der Waals surface area (Å²) in [6, 6.07) is 6.82. The molecule has 1 aromatic carbocycles. The molecule has 1 aromatic rings. The Kier molecular flexibility index (Phi) is 2.90. The second-order valence-corrected chi connectivity index (χ2v) is 3.47. The lowest BCUT2D eigenvalue weighted by molar-refractivity contribution is 0.210. The molecule has 4 N–H and O–H groups in total. The van der Waals surface area contributed by atoms with Crippen molar-refractivity contribution in [1.82, 2.24) is 0 Å². The molecule has 0 aliphatic carbocycles. The third-order valence-electron chi connectivity index (χ3n) is 2.34. The van der Waals surface area contributed by atoms with Crippen molar-refractivity contribution in [2.24, 2.45) is 5.73 Å². The van der Waals surface area contributed by atoms with Crippen molar-refractivity contribution in [3.63, 3.8) is 0 Å². The van der Waals surface area contributed by atoms with Crippen LogP contribution in [0.1, 0.15) is 12.5 Å². The zero-order chi connectivity index (χ0) is 9.90. The third kappa shape index (κ3) is 1.99. The molecule has 0 radical (unpaired) electrons. The Morgan fingerprint density at radius 1 is 1.46 bits per heavy atom. The van der Waals surface area contributed by atoms with Gasteiger partial charge in [0, 0.05) is 12.0 Å². The fraction of sp³-hybridized carbons (Fsp3) is 0.400. The summed E-state index contributed by atoms with van der Waals surface area (Å²) < 4.78 is 0. The van der Waals surface area contributed by atoms with Crippen molar-refractivity contribution < 1.29 is 10.2 Å². The highest BCUT2D eigenvalue weighted by Gasteiger charge is 2.23. The van der Waals surface area contributed by atoms with E-state index in [9.17, 15) is 5.11 Å². The minimum atomic E-state index is -0.460. The number of hydrogen-bond acceptors (Lipinski definition) is 3. The van der Waals surface area contributed by atoms with E-state index < -0.39 is 5.41 Å². The first-order valence-corrected chi connectivity index (χ1v) is 4.23. The molecule has 1 rings (SSSR count). The highest BCUT2D eigenvalue weighted by atomic mass is 16.3. The van der Waals surface area contributed by atoms with Crippen LogP contribution >= 0.6 is 0 Å². The smallest absolute Gasteiger partial charge is 0.115 e. The number of aliphatic hydroxyl groups is 1. The molecular formula is C10H15NO2. The van der Waals surface area contributed by atoms with Gasteiger partial charge in [0.15, 0.2) is 0 Å². The van der Waals surface area contributed by atoms with Crippen LogP contribution in [-0.4, -0.2) is 23.4 Å². The van der Waals surface area contributed by atoms with Crippen molar-refractivity contribution in [2.75, 3.05) is 13.2 Å². The Bertz CT molecular complexity index is 282. The first-order chi connectivity index (χ1) is 6.12. The van der Waals surface area contributed by atoms with E-state index in [0.717, 1.165) is 5.56 Å². The topological polar surface area (TPSA) is 66.5 Å². The SMILES string of the molecule is CC(CN)(CO)c1cccc(O)c1. The van der Waals surface area contributed by atoms with Crippen LogP contribution in [0.2, 0.25) is 0 Å². The summed E-state index contributed by atoms with van der Waals surface area (Å²) in [5.41, 5.74) is 5.96. The molecule has 0 amide bonds. The number of nitrogens with two attached hydrogens (primary N) is 1. The second kappa shape index (κ2) is 3.77. The maximum absolute atomic E-state index is 9.24. The Balaban J connectivity index is 3.05. The average molecular weight is 181 g/mol. The van der Waals surface area contributed by atoms with E-state index in [0.29, 0.717) is 6.54 Å². The van der Waals surface area contributed by atoms with Crippen LogP contribution in [-0.2, 0) is 5.41 Å². The van der Waals surface area contributed by atoms with Gasteiger partial charge in [0.2, 0.25) is 0 Å². The van der Waals surface area contributed by atoms with Crippen LogP contribution in [0.25, 0.3) is 0 Å². The van der Waals surface area contributed by atoms with Gasteiger partial charge in [-0.2, -0.15) is 0 Å². The van der Waals surface area contributed by atoms with Crippen LogP contribution in [0.5, 0.6) is 5.75 Å². The lowest BCUT2D eigenvalue weighted by atomic mass is 9.83. The number of aromatic hydroxyl groups is 1. The predicted molar refractivity (Wildman–Crippen MR) is 51.6 cm³/mol. The number of phenols is 1. The molecule has 3 heteroatoms. The minimum Gasteiger partial charge on any atom is -0.508 e. The lowest BCUT2D eigenvalue weighted by Crippen LogP contribution is -2.35. The highest BCUT2D eigenvalue weighted by molar-refractivity contribution is 5.32. The first kappa shape index (κ1) is 10.0. The molecule has 0 aliphatic heterocycles. The zero-order valence-electron chi connectivity index (χ0n) is 7.70. The van der Waals surface area contributed by atoms with Crippen molar-refractivity contribution in [2.45, 2.75) is 12.3 Å². The van der Waals surface area contributed by atoms with Gasteiger partial charge >= 0.3 is 0 Å². The molecular weight excluding hydrogens is 166 g/mol. The number of phenolic OH excluding ortho intramolecular Hbond substituents is 1. The number of hydrogen-bond donors (Lipinski definition) is 3. The predicted octanol–water partition coefficient (Wildman–Crippen LogP) is 0.601. The molecule has 0 aliphatic rings. The maximum Gasteiger partial charge on any atom is 0.115 e. The van der Waals surface area contributed by atoms with Crippen molar-refractivity contribution in [3.8, 4) is 5.75 Å². The van der Waals surface area contributed by atoms with E-state index in [1.807, 2.05) is 13.0 Å². The van der Waals surface area contributed by atoms with Gasteiger partial charge in [0.25, 0.3) is 0 Å². The van der Waals surface area contributed by atoms with Gasteiger partial charge < -0.3 is 15.9 Å². The summed E-state index contributed by atoms with van der Waals surface area (Å²) in [6.45, 7) is 2.20. The molecule has 0 saturated heterocycles. The quantitative estimate of drug-likeness (QED) is 0.639. The summed E-state index contributed by atoms with van der Waals surface area (Å²) in [4.78, 5) is 0. The van der Waals surface area contributed by atoms with Gasteiger partial charge in [-0.25, -0.2) is 0 Å². The largest absolute Gasteiger partial charge is 0.508 e. The molecule has 13 heavy (non-hydrogen) atoms. The average Bonchev–Trinajstić information content (AvgIpc) is 2.17. The highest BCUT2D eigenvalue weighted by Crippen LogP contribution is 2.24. The molecule has 0 aromatic heterocycles. The summed E-state index contributed by atoms with van der Waals surface area (Å²) in [6.07, 6.45) is 0. The Hall–Kier alpha value is -1.06. The number of aliphatic hydroxyl groups excluding tert-OH is 1.